The van der Waals surface area contributed by atoms with Crippen LogP contribution in [0.3, 0.4) is 0 Å². The van der Waals surface area contributed by atoms with E-state index in [2.05, 4.69) is 18.0 Å². The first-order valence-electron chi connectivity index (χ1n) is 11.4. The number of aromatic nitrogens is 1. The number of ether oxygens (including phenoxy) is 2. The normalized spacial score (nSPS) is 18.3. The summed E-state index contributed by atoms with van der Waals surface area (Å²) in [6, 6.07) is 11.7. The molecule has 2 aliphatic rings. The molecular formula is C25H28N2O5S. The maximum atomic E-state index is 12.6. The molecule has 1 saturated heterocycles. The lowest BCUT2D eigenvalue weighted by molar-refractivity contribution is -0.156. The first-order chi connectivity index (χ1) is 16.0. The van der Waals surface area contributed by atoms with Crippen LogP contribution in [-0.2, 0) is 33.6 Å². The number of esters is 1. The van der Waals surface area contributed by atoms with Gasteiger partial charge in [0.2, 0.25) is 5.91 Å². The van der Waals surface area contributed by atoms with E-state index in [0.29, 0.717) is 13.0 Å². The van der Waals surface area contributed by atoms with Crippen molar-refractivity contribution in [3.8, 4) is 5.75 Å². The number of thioether (sulfide) groups is 1. The largest absolute Gasteiger partial charge is 0.493 e. The number of hydrogen-bond donors (Lipinski definition) is 0. The van der Waals surface area contributed by atoms with Crippen molar-refractivity contribution in [2.45, 2.75) is 50.7 Å². The third-order valence-electron chi connectivity index (χ3n) is 6.04. The summed E-state index contributed by atoms with van der Waals surface area (Å²) >= 11 is 0.983. The SMILES string of the molecule is CCc1ccc(CCOc2ccc(CC3SC(=O)N(COC(=O)C4CCC4)C3=O)cc2)nc1. The monoisotopic (exact) mass is 468 g/mol. The van der Waals surface area contributed by atoms with Crippen molar-refractivity contribution < 1.29 is 23.9 Å². The highest BCUT2D eigenvalue weighted by molar-refractivity contribution is 8.15. The van der Waals surface area contributed by atoms with E-state index in [0.717, 1.165) is 65.8 Å². The summed E-state index contributed by atoms with van der Waals surface area (Å²) in [6.45, 7) is 2.34. The van der Waals surface area contributed by atoms with Crippen molar-refractivity contribution in [2.24, 2.45) is 5.92 Å². The molecule has 0 radical (unpaired) electrons. The Kier molecular flexibility index (Phi) is 7.65. The van der Waals surface area contributed by atoms with Crippen LogP contribution in [0.4, 0.5) is 4.79 Å². The second-order valence-electron chi connectivity index (χ2n) is 8.32. The van der Waals surface area contributed by atoms with Gasteiger partial charge in [-0.15, -0.1) is 0 Å². The van der Waals surface area contributed by atoms with E-state index < -0.39 is 5.25 Å². The molecule has 1 unspecified atom stereocenters. The molecule has 8 heteroatoms. The lowest BCUT2D eigenvalue weighted by Gasteiger charge is -2.24. The Labute approximate surface area is 197 Å². The third kappa shape index (κ3) is 5.93. The van der Waals surface area contributed by atoms with Crippen LogP contribution in [0.15, 0.2) is 42.6 Å². The summed E-state index contributed by atoms with van der Waals surface area (Å²) in [7, 11) is 0. The Hall–Kier alpha value is -2.87. The minimum absolute atomic E-state index is 0.0835. The predicted molar refractivity (Wildman–Crippen MR) is 125 cm³/mol. The highest BCUT2D eigenvalue weighted by Crippen LogP contribution is 2.31. The van der Waals surface area contributed by atoms with Crippen LogP contribution in [0, 0.1) is 5.92 Å². The smallest absolute Gasteiger partial charge is 0.310 e. The molecule has 0 bridgehead atoms. The van der Waals surface area contributed by atoms with Crippen molar-refractivity contribution in [1.82, 2.24) is 9.88 Å². The van der Waals surface area contributed by atoms with Gasteiger partial charge in [0.1, 0.15) is 5.75 Å². The van der Waals surface area contributed by atoms with Gasteiger partial charge in [-0.2, -0.15) is 0 Å². The number of amides is 2. The molecule has 1 aliphatic heterocycles. The number of nitrogens with zero attached hydrogens (tertiary/aromatic N) is 2. The van der Waals surface area contributed by atoms with Gasteiger partial charge in [0.15, 0.2) is 6.73 Å². The third-order valence-corrected chi connectivity index (χ3v) is 7.12. The van der Waals surface area contributed by atoms with Gasteiger partial charge in [-0.05, 0) is 55.0 Å². The van der Waals surface area contributed by atoms with E-state index in [1.165, 1.54) is 5.56 Å². The fourth-order valence-electron chi connectivity index (χ4n) is 3.66. The molecular weight excluding hydrogens is 440 g/mol. The molecule has 7 nitrogen and oxygen atoms in total. The van der Waals surface area contributed by atoms with Crippen LogP contribution in [0.25, 0.3) is 0 Å². The van der Waals surface area contributed by atoms with Crippen LogP contribution < -0.4 is 4.74 Å². The van der Waals surface area contributed by atoms with Gasteiger partial charge >= 0.3 is 5.97 Å². The Morgan fingerprint density at radius 3 is 2.52 bits per heavy atom. The quantitative estimate of drug-likeness (QED) is 0.484. The fraction of sp³-hybridized carbons (Fsp3) is 0.440. The minimum Gasteiger partial charge on any atom is -0.493 e. The lowest BCUT2D eigenvalue weighted by atomic mass is 9.86. The van der Waals surface area contributed by atoms with E-state index in [4.69, 9.17) is 9.47 Å². The maximum Gasteiger partial charge on any atom is 0.310 e. The molecule has 1 saturated carbocycles. The van der Waals surface area contributed by atoms with E-state index in [9.17, 15) is 14.4 Å². The summed E-state index contributed by atoms with van der Waals surface area (Å²) < 4.78 is 11.0. The van der Waals surface area contributed by atoms with Gasteiger partial charge in [-0.25, -0.2) is 4.90 Å². The summed E-state index contributed by atoms with van der Waals surface area (Å²) in [5.74, 6) is 0.0303. The molecule has 1 aliphatic carbocycles. The molecule has 1 atom stereocenters. The van der Waals surface area contributed by atoms with Gasteiger partial charge < -0.3 is 9.47 Å². The van der Waals surface area contributed by atoms with Crippen LogP contribution >= 0.6 is 11.8 Å². The topological polar surface area (TPSA) is 85.8 Å². The summed E-state index contributed by atoms with van der Waals surface area (Å²) in [6.07, 6.45) is 6.69. The predicted octanol–water partition coefficient (Wildman–Crippen LogP) is 4.17. The first-order valence-corrected chi connectivity index (χ1v) is 12.3. The number of carbonyl (C=O) groups excluding carboxylic acids is 3. The van der Waals surface area contributed by atoms with Crippen LogP contribution in [0.2, 0.25) is 0 Å². The molecule has 4 rings (SSSR count). The number of rotatable bonds is 10. The highest BCUT2D eigenvalue weighted by atomic mass is 32.2. The molecule has 0 spiro atoms. The number of carbonyl (C=O) groups is 3. The molecule has 0 N–H and O–H groups in total. The van der Waals surface area contributed by atoms with Gasteiger partial charge in [-0.3, -0.25) is 19.4 Å². The number of hydrogen-bond acceptors (Lipinski definition) is 7. The van der Waals surface area contributed by atoms with Crippen molar-refractivity contribution in [2.75, 3.05) is 13.3 Å². The van der Waals surface area contributed by atoms with Crippen molar-refractivity contribution in [3.63, 3.8) is 0 Å². The number of imide groups is 1. The second-order valence-corrected chi connectivity index (χ2v) is 9.47. The van der Waals surface area contributed by atoms with Crippen molar-refractivity contribution in [3.05, 3.63) is 59.4 Å². The van der Waals surface area contributed by atoms with E-state index >= 15 is 0 Å². The fourth-order valence-corrected chi connectivity index (χ4v) is 4.67. The van der Waals surface area contributed by atoms with Gasteiger partial charge in [0.25, 0.3) is 5.24 Å². The van der Waals surface area contributed by atoms with E-state index in [-0.39, 0.29) is 29.8 Å². The van der Waals surface area contributed by atoms with Gasteiger partial charge in [0.05, 0.1) is 17.8 Å². The molecule has 2 amide bonds. The average molecular weight is 469 g/mol. The van der Waals surface area contributed by atoms with E-state index in [1.54, 1.807) is 0 Å². The lowest BCUT2D eigenvalue weighted by Crippen LogP contribution is -2.36. The Bertz CT molecular complexity index is 989. The van der Waals surface area contributed by atoms with Crippen LogP contribution in [0.1, 0.15) is 43.0 Å². The zero-order chi connectivity index (χ0) is 23.2. The Morgan fingerprint density at radius 1 is 1.12 bits per heavy atom. The molecule has 2 heterocycles. The number of pyridine rings is 1. The van der Waals surface area contributed by atoms with Crippen molar-refractivity contribution in [1.29, 1.82) is 0 Å². The Balaban J connectivity index is 1.22. The van der Waals surface area contributed by atoms with Crippen LogP contribution in [-0.4, -0.2) is 45.6 Å². The second kappa shape index (κ2) is 10.8. The zero-order valence-corrected chi connectivity index (χ0v) is 19.5. The Morgan fingerprint density at radius 2 is 1.88 bits per heavy atom. The molecule has 2 aromatic rings. The molecule has 2 fully saturated rings. The number of benzene rings is 1. The van der Waals surface area contributed by atoms with Crippen molar-refractivity contribution >= 4 is 28.9 Å². The summed E-state index contributed by atoms with van der Waals surface area (Å²) in [5, 5.41) is -0.879. The van der Waals surface area contributed by atoms with Gasteiger partial charge in [-0.1, -0.05) is 43.3 Å². The minimum atomic E-state index is -0.510. The van der Waals surface area contributed by atoms with Crippen LogP contribution in [0.5, 0.6) is 5.75 Å². The highest BCUT2D eigenvalue weighted by Gasteiger charge is 2.40. The first kappa shape index (κ1) is 23.3. The molecule has 1 aromatic carbocycles. The average Bonchev–Trinajstić information content (AvgIpc) is 3.05. The molecule has 33 heavy (non-hydrogen) atoms. The summed E-state index contributed by atoms with van der Waals surface area (Å²) in [5.41, 5.74) is 3.15. The standard InChI is InChI=1S/C25H28N2O5S/c1-2-17-6-9-20(26-15-17)12-13-31-21-10-7-18(8-11-21)14-22-23(28)27(25(30)33-22)16-32-24(29)19-4-3-5-19/h6-11,15,19,22H,2-5,12-14,16H2,1H3. The van der Waals surface area contributed by atoms with Gasteiger partial charge in [0, 0.05) is 18.3 Å². The molecule has 174 valence electrons. The van der Waals surface area contributed by atoms with E-state index in [1.807, 2.05) is 36.5 Å². The number of aryl methyl sites for hydroxylation is 1. The molecule has 1 aromatic heterocycles. The zero-order valence-electron chi connectivity index (χ0n) is 18.7. The summed E-state index contributed by atoms with van der Waals surface area (Å²) in [4.78, 5) is 42.2. The maximum absolute atomic E-state index is 12.6.